The molecule has 0 bridgehead atoms. The second-order valence-corrected chi connectivity index (χ2v) is 5.25. The zero-order valence-electron chi connectivity index (χ0n) is 12.5. The summed E-state index contributed by atoms with van der Waals surface area (Å²) >= 11 is 5.76. The van der Waals surface area contributed by atoms with Crippen LogP contribution in [0.1, 0.15) is 22.7 Å². The van der Waals surface area contributed by atoms with Crippen LogP contribution >= 0.6 is 11.6 Å². The average molecular weight is 326 g/mol. The van der Waals surface area contributed by atoms with Crippen molar-refractivity contribution in [3.63, 3.8) is 0 Å². The van der Waals surface area contributed by atoms with Gasteiger partial charge in [-0.25, -0.2) is 4.98 Å². The second-order valence-electron chi connectivity index (χ2n) is 4.99. The summed E-state index contributed by atoms with van der Waals surface area (Å²) in [5.74, 6) is 1.84. The van der Waals surface area contributed by atoms with E-state index in [0.29, 0.717) is 18.4 Å². The van der Waals surface area contributed by atoms with E-state index < -0.39 is 0 Å². The average Bonchev–Trinajstić information content (AvgIpc) is 3.07. The highest BCUT2D eigenvalue weighted by Crippen LogP contribution is 2.15. The minimum atomic E-state index is 0.364. The van der Waals surface area contributed by atoms with E-state index in [2.05, 4.69) is 4.98 Å². The molecule has 0 N–H and O–H groups in total. The molecule has 0 aliphatic rings. The van der Waals surface area contributed by atoms with Crippen molar-refractivity contribution >= 4 is 23.8 Å². The van der Waals surface area contributed by atoms with Crippen LogP contribution in [0, 0.1) is 0 Å². The normalized spacial score (nSPS) is 11.0. The summed E-state index contributed by atoms with van der Waals surface area (Å²) in [6.45, 7) is 0.364. The van der Waals surface area contributed by atoms with Gasteiger partial charge in [-0.05, 0) is 29.3 Å². The smallest absolute Gasteiger partial charge is 0.218 e. The fourth-order valence-corrected chi connectivity index (χ4v) is 2.21. The third kappa shape index (κ3) is 4.47. The fraction of sp³-hybridized carbons (Fsp3) is 0.105. The van der Waals surface area contributed by atoms with Crippen LogP contribution in [-0.4, -0.2) is 4.98 Å². The summed E-state index contributed by atoms with van der Waals surface area (Å²) in [7, 11) is 0. The predicted octanol–water partition coefficient (Wildman–Crippen LogP) is 5.16. The number of hydrogen-bond acceptors (Lipinski definition) is 3. The van der Waals surface area contributed by atoms with E-state index in [1.54, 1.807) is 6.26 Å². The van der Waals surface area contributed by atoms with Crippen molar-refractivity contribution in [1.82, 2.24) is 4.98 Å². The summed E-state index contributed by atoms with van der Waals surface area (Å²) < 4.78 is 11.1. The molecule has 0 spiro atoms. The maximum atomic E-state index is 5.76. The topological polar surface area (TPSA) is 35.3 Å². The minimum Gasteiger partial charge on any atom is -0.487 e. The number of alkyl halides is 1. The maximum Gasteiger partial charge on any atom is 0.218 e. The van der Waals surface area contributed by atoms with Crippen molar-refractivity contribution in [3.8, 4) is 5.75 Å². The van der Waals surface area contributed by atoms with Gasteiger partial charge in [0.2, 0.25) is 5.89 Å². The van der Waals surface area contributed by atoms with Crippen LogP contribution in [0.2, 0.25) is 0 Å². The van der Waals surface area contributed by atoms with Crippen LogP contribution in [0.15, 0.2) is 65.3 Å². The summed E-state index contributed by atoms with van der Waals surface area (Å²) in [6.07, 6.45) is 5.41. The Kier molecular flexibility index (Phi) is 5.12. The third-order valence-corrected chi connectivity index (χ3v) is 3.56. The zero-order chi connectivity index (χ0) is 15.9. The van der Waals surface area contributed by atoms with Gasteiger partial charge in [0.25, 0.3) is 0 Å². The van der Waals surface area contributed by atoms with Crippen molar-refractivity contribution in [2.75, 3.05) is 0 Å². The van der Waals surface area contributed by atoms with E-state index in [1.807, 2.05) is 66.7 Å². The monoisotopic (exact) mass is 325 g/mol. The van der Waals surface area contributed by atoms with E-state index in [9.17, 15) is 0 Å². The molecule has 0 amide bonds. The van der Waals surface area contributed by atoms with Gasteiger partial charge in [-0.3, -0.25) is 0 Å². The van der Waals surface area contributed by atoms with Crippen LogP contribution in [0.5, 0.6) is 5.75 Å². The number of ether oxygens (including phenoxy) is 1. The highest BCUT2D eigenvalue weighted by atomic mass is 35.5. The first-order valence-corrected chi connectivity index (χ1v) is 7.82. The van der Waals surface area contributed by atoms with Crippen LogP contribution in [0.25, 0.3) is 12.2 Å². The number of oxazole rings is 1. The molecule has 3 nitrogen and oxygen atoms in total. The third-order valence-electron chi connectivity index (χ3n) is 3.25. The van der Waals surface area contributed by atoms with E-state index in [4.69, 9.17) is 20.8 Å². The van der Waals surface area contributed by atoms with Gasteiger partial charge in [0, 0.05) is 12.0 Å². The quantitative estimate of drug-likeness (QED) is 0.587. The largest absolute Gasteiger partial charge is 0.487 e. The molecule has 0 radical (unpaired) electrons. The van der Waals surface area contributed by atoms with Gasteiger partial charge in [-0.15, -0.1) is 11.6 Å². The minimum absolute atomic E-state index is 0.364. The van der Waals surface area contributed by atoms with Gasteiger partial charge in [-0.1, -0.05) is 42.5 Å². The molecule has 0 saturated carbocycles. The van der Waals surface area contributed by atoms with E-state index in [0.717, 1.165) is 22.6 Å². The Morgan fingerprint density at radius 1 is 1.00 bits per heavy atom. The predicted molar refractivity (Wildman–Crippen MR) is 92.2 cm³/mol. The molecular weight excluding hydrogens is 310 g/mol. The molecule has 0 fully saturated rings. The molecule has 3 aromatic rings. The SMILES string of the molecule is ClCc1ccc(OCc2coc(C=Cc3ccccc3)n2)cc1. The lowest BCUT2D eigenvalue weighted by molar-refractivity contribution is 0.301. The fourth-order valence-electron chi connectivity index (χ4n) is 2.03. The van der Waals surface area contributed by atoms with Gasteiger partial charge in [-0.2, -0.15) is 0 Å². The first-order chi connectivity index (χ1) is 11.3. The van der Waals surface area contributed by atoms with Crippen molar-refractivity contribution < 1.29 is 9.15 Å². The summed E-state index contributed by atoms with van der Waals surface area (Å²) in [6, 6.07) is 17.7. The Morgan fingerprint density at radius 3 is 2.52 bits per heavy atom. The number of nitrogens with zero attached hydrogens (tertiary/aromatic N) is 1. The van der Waals surface area contributed by atoms with Crippen molar-refractivity contribution in [2.45, 2.75) is 12.5 Å². The zero-order valence-corrected chi connectivity index (χ0v) is 13.2. The molecule has 3 rings (SSSR count). The molecule has 23 heavy (non-hydrogen) atoms. The molecule has 2 aromatic carbocycles. The lowest BCUT2D eigenvalue weighted by Crippen LogP contribution is -1.95. The molecule has 0 aliphatic carbocycles. The Balaban J connectivity index is 1.57. The van der Waals surface area contributed by atoms with E-state index >= 15 is 0 Å². The number of halogens is 1. The highest BCUT2D eigenvalue weighted by Gasteiger charge is 2.02. The van der Waals surface area contributed by atoms with Gasteiger partial charge in [0.1, 0.15) is 24.3 Å². The lowest BCUT2D eigenvalue weighted by Gasteiger charge is -2.04. The first-order valence-electron chi connectivity index (χ1n) is 7.29. The molecule has 1 heterocycles. The van der Waals surface area contributed by atoms with Crippen molar-refractivity contribution in [1.29, 1.82) is 0 Å². The number of rotatable bonds is 6. The number of benzene rings is 2. The van der Waals surface area contributed by atoms with Crippen LogP contribution in [-0.2, 0) is 12.5 Å². The molecule has 4 heteroatoms. The van der Waals surface area contributed by atoms with Crippen molar-refractivity contribution in [2.24, 2.45) is 0 Å². The second kappa shape index (κ2) is 7.65. The Bertz CT molecular complexity index is 764. The van der Waals surface area contributed by atoms with Gasteiger partial charge in [0.15, 0.2) is 0 Å². The molecular formula is C19H16ClNO2. The standard InChI is InChI=1S/C19H16ClNO2/c20-12-16-6-9-18(10-7-16)22-13-17-14-23-19(21-17)11-8-15-4-2-1-3-5-15/h1-11,14H,12-13H2. The van der Waals surface area contributed by atoms with Crippen LogP contribution in [0.4, 0.5) is 0 Å². The van der Waals surface area contributed by atoms with Crippen LogP contribution < -0.4 is 4.74 Å². The number of hydrogen-bond donors (Lipinski definition) is 0. The molecule has 0 saturated heterocycles. The lowest BCUT2D eigenvalue weighted by atomic mass is 10.2. The summed E-state index contributed by atoms with van der Waals surface area (Å²) in [4.78, 5) is 4.37. The Hall–Kier alpha value is -2.52. The molecule has 0 atom stereocenters. The highest BCUT2D eigenvalue weighted by molar-refractivity contribution is 6.17. The number of aromatic nitrogens is 1. The van der Waals surface area contributed by atoms with Crippen molar-refractivity contribution in [3.05, 3.63) is 83.6 Å². The van der Waals surface area contributed by atoms with Gasteiger partial charge in [0.05, 0.1) is 0 Å². The molecule has 0 aliphatic heterocycles. The molecule has 1 aromatic heterocycles. The van der Waals surface area contributed by atoms with Gasteiger partial charge >= 0.3 is 0 Å². The Labute approximate surface area is 140 Å². The first kappa shape index (κ1) is 15.4. The molecule has 116 valence electrons. The van der Waals surface area contributed by atoms with Gasteiger partial charge < -0.3 is 9.15 Å². The summed E-state index contributed by atoms with van der Waals surface area (Å²) in [5, 5.41) is 0. The Morgan fingerprint density at radius 2 is 1.78 bits per heavy atom. The molecule has 0 unspecified atom stereocenters. The maximum absolute atomic E-state index is 5.76. The van der Waals surface area contributed by atoms with E-state index in [1.165, 1.54) is 0 Å². The van der Waals surface area contributed by atoms with Crippen LogP contribution in [0.3, 0.4) is 0 Å². The van der Waals surface area contributed by atoms with E-state index in [-0.39, 0.29) is 0 Å². The summed E-state index contributed by atoms with van der Waals surface area (Å²) in [5.41, 5.74) is 2.91.